The Kier molecular flexibility index (Phi) is 4.78. The third-order valence-corrected chi connectivity index (χ3v) is 3.45. The molecule has 2 aliphatic rings. The SMILES string of the molecule is CC.CC(C)C(=O)N1CCC2(CC1)COC2. The largest absolute Gasteiger partial charge is 0.380 e. The number of amides is 1. The van der Waals surface area contributed by atoms with E-state index < -0.39 is 0 Å². The van der Waals surface area contributed by atoms with Crippen LogP contribution < -0.4 is 0 Å². The van der Waals surface area contributed by atoms with Crippen LogP contribution in [0.1, 0.15) is 40.5 Å². The molecule has 0 aliphatic carbocycles. The van der Waals surface area contributed by atoms with Crippen LogP contribution in [0.25, 0.3) is 0 Å². The first-order valence-corrected chi connectivity index (χ1v) is 6.50. The van der Waals surface area contributed by atoms with E-state index in [1.54, 1.807) is 0 Å². The zero-order chi connectivity index (χ0) is 12.2. The summed E-state index contributed by atoms with van der Waals surface area (Å²) < 4.78 is 5.26. The standard InChI is InChI=1S/C11H19NO2.C2H6/c1-9(2)10(13)12-5-3-11(4-6-12)7-14-8-11;1-2/h9H,3-8H2,1-2H3;1-2H3. The number of carbonyl (C=O) groups is 1. The van der Waals surface area contributed by atoms with Crippen LogP contribution in [0.3, 0.4) is 0 Å². The average Bonchev–Trinajstić information content (AvgIpc) is 2.29. The molecule has 3 nitrogen and oxygen atoms in total. The minimum absolute atomic E-state index is 0.140. The van der Waals surface area contributed by atoms with Crippen molar-refractivity contribution in [3.63, 3.8) is 0 Å². The zero-order valence-electron chi connectivity index (χ0n) is 11.1. The molecule has 0 aromatic carbocycles. The smallest absolute Gasteiger partial charge is 0.225 e. The van der Waals surface area contributed by atoms with Crippen molar-refractivity contribution < 1.29 is 9.53 Å². The topological polar surface area (TPSA) is 29.5 Å². The van der Waals surface area contributed by atoms with Gasteiger partial charge in [0.15, 0.2) is 0 Å². The number of hydrogen-bond acceptors (Lipinski definition) is 2. The second-order valence-corrected chi connectivity index (χ2v) is 4.97. The highest BCUT2D eigenvalue weighted by molar-refractivity contribution is 5.78. The normalized spacial score (nSPS) is 22.4. The first kappa shape index (κ1) is 13.5. The van der Waals surface area contributed by atoms with E-state index in [-0.39, 0.29) is 5.92 Å². The van der Waals surface area contributed by atoms with E-state index in [0.717, 1.165) is 39.1 Å². The molecular weight excluding hydrogens is 202 g/mol. The Bertz CT molecular complexity index is 224. The molecule has 0 aromatic rings. The summed E-state index contributed by atoms with van der Waals surface area (Å²) >= 11 is 0. The second-order valence-electron chi connectivity index (χ2n) is 4.97. The van der Waals surface area contributed by atoms with Gasteiger partial charge in [0.25, 0.3) is 0 Å². The Morgan fingerprint density at radius 1 is 1.19 bits per heavy atom. The van der Waals surface area contributed by atoms with Gasteiger partial charge in [-0.25, -0.2) is 0 Å². The van der Waals surface area contributed by atoms with Crippen molar-refractivity contribution in [2.24, 2.45) is 11.3 Å². The Labute approximate surface area is 99.1 Å². The fourth-order valence-corrected chi connectivity index (χ4v) is 2.25. The maximum Gasteiger partial charge on any atom is 0.225 e. The van der Waals surface area contributed by atoms with Crippen LogP contribution >= 0.6 is 0 Å². The lowest BCUT2D eigenvalue weighted by atomic mass is 9.76. The van der Waals surface area contributed by atoms with Crippen molar-refractivity contribution in [1.82, 2.24) is 4.90 Å². The number of piperidine rings is 1. The van der Waals surface area contributed by atoms with Gasteiger partial charge in [0, 0.05) is 24.4 Å². The van der Waals surface area contributed by atoms with Crippen molar-refractivity contribution in [3.8, 4) is 0 Å². The molecule has 2 saturated heterocycles. The molecule has 2 aliphatic heterocycles. The highest BCUT2D eigenvalue weighted by Crippen LogP contribution is 2.38. The highest BCUT2D eigenvalue weighted by atomic mass is 16.5. The number of hydrogen-bond donors (Lipinski definition) is 0. The van der Waals surface area contributed by atoms with Crippen LogP contribution in [0, 0.1) is 11.3 Å². The third kappa shape index (κ3) is 2.76. The third-order valence-electron chi connectivity index (χ3n) is 3.45. The number of rotatable bonds is 1. The zero-order valence-corrected chi connectivity index (χ0v) is 11.1. The van der Waals surface area contributed by atoms with Gasteiger partial charge < -0.3 is 9.64 Å². The monoisotopic (exact) mass is 227 g/mol. The Hall–Kier alpha value is -0.570. The van der Waals surface area contributed by atoms with Crippen LogP contribution in [0.15, 0.2) is 0 Å². The number of ether oxygens (including phenoxy) is 1. The molecule has 2 heterocycles. The van der Waals surface area contributed by atoms with Gasteiger partial charge in [-0.3, -0.25) is 4.79 Å². The van der Waals surface area contributed by atoms with E-state index in [1.165, 1.54) is 0 Å². The van der Waals surface area contributed by atoms with E-state index in [0.29, 0.717) is 11.3 Å². The molecule has 0 N–H and O–H groups in total. The summed E-state index contributed by atoms with van der Waals surface area (Å²) in [7, 11) is 0. The van der Waals surface area contributed by atoms with Crippen molar-refractivity contribution in [2.75, 3.05) is 26.3 Å². The van der Waals surface area contributed by atoms with Gasteiger partial charge in [-0.05, 0) is 12.8 Å². The quantitative estimate of drug-likeness (QED) is 0.688. The number of likely N-dealkylation sites (tertiary alicyclic amines) is 1. The molecule has 3 heteroatoms. The predicted octanol–water partition coefficient (Wildman–Crippen LogP) is 2.31. The summed E-state index contributed by atoms with van der Waals surface area (Å²) in [5.74, 6) is 0.446. The molecular formula is C13H25NO2. The summed E-state index contributed by atoms with van der Waals surface area (Å²) in [4.78, 5) is 13.7. The van der Waals surface area contributed by atoms with E-state index in [2.05, 4.69) is 0 Å². The fraction of sp³-hybridized carbons (Fsp3) is 0.923. The number of carbonyl (C=O) groups excluding carboxylic acids is 1. The number of nitrogens with zero attached hydrogens (tertiary/aromatic N) is 1. The van der Waals surface area contributed by atoms with Crippen LogP contribution in [0.4, 0.5) is 0 Å². The molecule has 0 saturated carbocycles. The molecule has 0 aromatic heterocycles. The summed E-state index contributed by atoms with van der Waals surface area (Å²) in [6.45, 7) is 11.6. The molecule has 0 bridgehead atoms. The maximum absolute atomic E-state index is 11.7. The molecule has 0 unspecified atom stereocenters. The minimum Gasteiger partial charge on any atom is -0.380 e. The van der Waals surface area contributed by atoms with Gasteiger partial charge in [0.1, 0.15) is 0 Å². The van der Waals surface area contributed by atoms with Crippen LogP contribution in [-0.4, -0.2) is 37.1 Å². The fourth-order valence-electron chi connectivity index (χ4n) is 2.25. The van der Waals surface area contributed by atoms with Crippen molar-refractivity contribution in [3.05, 3.63) is 0 Å². The molecule has 1 spiro atoms. The summed E-state index contributed by atoms with van der Waals surface area (Å²) in [5.41, 5.74) is 0.438. The first-order chi connectivity index (χ1) is 7.63. The predicted molar refractivity (Wildman–Crippen MR) is 65.3 cm³/mol. The van der Waals surface area contributed by atoms with Crippen molar-refractivity contribution >= 4 is 5.91 Å². The Morgan fingerprint density at radius 3 is 2.00 bits per heavy atom. The van der Waals surface area contributed by atoms with E-state index in [4.69, 9.17) is 4.74 Å². The lowest BCUT2D eigenvalue weighted by molar-refractivity contribution is -0.154. The maximum atomic E-state index is 11.7. The van der Waals surface area contributed by atoms with E-state index >= 15 is 0 Å². The van der Waals surface area contributed by atoms with Gasteiger partial charge in [-0.15, -0.1) is 0 Å². The van der Waals surface area contributed by atoms with Gasteiger partial charge in [-0.1, -0.05) is 27.7 Å². The van der Waals surface area contributed by atoms with Crippen molar-refractivity contribution in [1.29, 1.82) is 0 Å². The summed E-state index contributed by atoms with van der Waals surface area (Å²) in [6.07, 6.45) is 2.26. The van der Waals surface area contributed by atoms with Gasteiger partial charge >= 0.3 is 0 Å². The van der Waals surface area contributed by atoms with Gasteiger partial charge in [0.2, 0.25) is 5.91 Å². The van der Waals surface area contributed by atoms with Crippen LogP contribution in [0.2, 0.25) is 0 Å². The molecule has 2 rings (SSSR count). The molecule has 1 amide bonds. The van der Waals surface area contributed by atoms with Crippen molar-refractivity contribution in [2.45, 2.75) is 40.5 Å². The molecule has 0 atom stereocenters. The lowest BCUT2D eigenvalue weighted by Gasteiger charge is -2.47. The van der Waals surface area contributed by atoms with Crippen LogP contribution in [0.5, 0.6) is 0 Å². The lowest BCUT2D eigenvalue weighted by Crippen LogP contribution is -2.52. The average molecular weight is 227 g/mol. The Morgan fingerprint density at radius 2 is 1.69 bits per heavy atom. The van der Waals surface area contributed by atoms with Crippen LogP contribution in [-0.2, 0) is 9.53 Å². The molecule has 0 radical (unpaired) electrons. The second kappa shape index (κ2) is 5.67. The van der Waals surface area contributed by atoms with E-state index in [9.17, 15) is 4.79 Å². The molecule has 2 fully saturated rings. The summed E-state index contributed by atoms with van der Waals surface area (Å²) in [5, 5.41) is 0. The van der Waals surface area contributed by atoms with Gasteiger partial charge in [-0.2, -0.15) is 0 Å². The minimum atomic E-state index is 0.140. The summed E-state index contributed by atoms with van der Waals surface area (Å²) in [6, 6.07) is 0. The molecule has 16 heavy (non-hydrogen) atoms. The Balaban J connectivity index is 0.000000606. The first-order valence-electron chi connectivity index (χ1n) is 6.50. The van der Waals surface area contributed by atoms with E-state index in [1.807, 2.05) is 32.6 Å². The highest BCUT2D eigenvalue weighted by Gasteiger charge is 2.42. The van der Waals surface area contributed by atoms with Gasteiger partial charge in [0.05, 0.1) is 13.2 Å². The molecule has 94 valence electrons.